The number of anilines is 1. The van der Waals surface area contributed by atoms with Crippen LogP contribution in [-0.4, -0.2) is 30.1 Å². The van der Waals surface area contributed by atoms with Gasteiger partial charge in [-0.2, -0.15) is 0 Å². The monoisotopic (exact) mass is 383 g/mol. The van der Waals surface area contributed by atoms with Crippen molar-refractivity contribution in [3.63, 3.8) is 0 Å². The van der Waals surface area contributed by atoms with Gasteiger partial charge in [-0.05, 0) is 25.1 Å². The normalized spacial score (nSPS) is 11.8. The van der Waals surface area contributed by atoms with Crippen LogP contribution in [-0.2, 0) is 21.2 Å². The Morgan fingerprint density at radius 1 is 1.38 bits per heavy atom. The number of nitrogens with zero attached hydrogens (tertiary/aromatic N) is 2. The molecule has 1 aromatic carbocycles. The molecule has 1 amide bonds. The van der Waals surface area contributed by atoms with Gasteiger partial charge < -0.3 is 5.32 Å². The van der Waals surface area contributed by atoms with Gasteiger partial charge >= 0.3 is 4.87 Å². The Morgan fingerprint density at radius 3 is 2.75 bits per heavy atom. The number of carbonyl (C=O) groups is 1. The van der Waals surface area contributed by atoms with Crippen LogP contribution >= 0.6 is 22.7 Å². The average Bonchev–Trinajstić information content (AvgIpc) is 3.02. The van der Waals surface area contributed by atoms with Crippen molar-refractivity contribution in [1.82, 2.24) is 9.55 Å². The van der Waals surface area contributed by atoms with Crippen LogP contribution in [0.25, 0.3) is 10.2 Å². The molecule has 0 aliphatic heterocycles. The summed E-state index contributed by atoms with van der Waals surface area (Å²) < 4.78 is 25.2. The summed E-state index contributed by atoms with van der Waals surface area (Å²) in [4.78, 5) is 28.0. The van der Waals surface area contributed by atoms with Crippen LogP contribution in [0.3, 0.4) is 0 Å². The largest absolute Gasteiger partial charge is 0.307 e. The standard InChI is InChI=1S/C14H13N3O4S3/c1-8-7-22-14(19)17(8)6-12(18)16-13-15-10-4-3-9(24(2,20)21)5-11(10)23-13/h3-5,7H,6H2,1-2H3,(H,15,16,18). The molecule has 0 bridgehead atoms. The highest BCUT2D eigenvalue weighted by atomic mass is 32.2. The van der Waals surface area contributed by atoms with Crippen LogP contribution in [0, 0.1) is 6.92 Å². The molecule has 0 aliphatic rings. The SMILES string of the molecule is Cc1csc(=O)n1CC(=O)Nc1nc2ccc(S(C)(=O)=O)cc2s1. The molecule has 7 nitrogen and oxygen atoms in total. The van der Waals surface area contributed by atoms with Gasteiger partial charge in [0.15, 0.2) is 15.0 Å². The van der Waals surface area contributed by atoms with Gasteiger partial charge in [0.1, 0.15) is 6.54 Å². The maximum absolute atomic E-state index is 12.1. The molecule has 0 fully saturated rings. The fourth-order valence-electron chi connectivity index (χ4n) is 2.09. The van der Waals surface area contributed by atoms with E-state index < -0.39 is 9.84 Å². The van der Waals surface area contributed by atoms with Gasteiger partial charge in [0.25, 0.3) is 0 Å². The fraction of sp³-hybridized carbons (Fsp3) is 0.214. The Bertz CT molecular complexity index is 1090. The van der Waals surface area contributed by atoms with Crippen LogP contribution < -0.4 is 10.2 Å². The molecular formula is C14H13N3O4S3. The van der Waals surface area contributed by atoms with Crippen LogP contribution in [0.1, 0.15) is 5.69 Å². The summed E-state index contributed by atoms with van der Waals surface area (Å²) >= 11 is 2.23. The van der Waals surface area contributed by atoms with Gasteiger partial charge in [0.2, 0.25) is 5.91 Å². The molecule has 0 saturated carbocycles. The third-order valence-electron chi connectivity index (χ3n) is 3.31. The lowest BCUT2D eigenvalue weighted by molar-refractivity contribution is -0.116. The van der Waals surface area contributed by atoms with E-state index in [-0.39, 0.29) is 22.2 Å². The zero-order chi connectivity index (χ0) is 17.5. The number of fused-ring (bicyclic) bond motifs is 1. The predicted octanol–water partition coefficient (Wildman–Crippen LogP) is 1.87. The highest BCUT2D eigenvalue weighted by Crippen LogP contribution is 2.28. The van der Waals surface area contributed by atoms with E-state index in [1.165, 1.54) is 28.0 Å². The lowest BCUT2D eigenvalue weighted by Gasteiger charge is -2.03. The smallest absolute Gasteiger partial charge is 0.300 e. The number of carbonyl (C=O) groups excluding carboxylic acids is 1. The zero-order valence-electron chi connectivity index (χ0n) is 12.8. The molecule has 0 spiro atoms. The Balaban J connectivity index is 1.83. The van der Waals surface area contributed by atoms with Gasteiger partial charge in [-0.25, -0.2) is 13.4 Å². The number of rotatable bonds is 4. The molecule has 2 heterocycles. The number of benzene rings is 1. The van der Waals surface area contributed by atoms with Gasteiger partial charge in [-0.1, -0.05) is 22.7 Å². The van der Waals surface area contributed by atoms with E-state index in [1.54, 1.807) is 18.4 Å². The number of nitrogens with one attached hydrogen (secondary N) is 1. The highest BCUT2D eigenvalue weighted by Gasteiger charge is 2.13. The summed E-state index contributed by atoms with van der Waals surface area (Å²) in [5.74, 6) is -0.360. The lowest BCUT2D eigenvalue weighted by atomic mass is 10.3. The summed E-state index contributed by atoms with van der Waals surface area (Å²) in [5, 5.41) is 4.70. The molecule has 24 heavy (non-hydrogen) atoms. The second-order valence-corrected chi connectivity index (χ2v) is 9.07. The molecule has 0 radical (unpaired) electrons. The van der Waals surface area contributed by atoms with Crippen molar-refractivity contribution in [3.8, 4) is 0 Å². The Morgan fingerprint density at radius 2 is 2.12 bits per heavy atom. The first-order valence-electron chi connectivity index (χ1n) is 6.79. The summed E-state index contributed by atoms with van der Waals surface area (Å²) in [5.41, 5.74) is 1.33. The van der Waals surface area contributed by atoms with Crippen LogP contribution in [0.5, 0.6) is 0 Å². The molecule has 1 N–H and O–H groups in total. The van der Waals surface area contributed by atoms with Gasteiger partial charge in [-0.15, -0.1) is 0 Å². The highest BCUT2D eigenvalue weighted by molar-refractivity contribution is 7.90. The first kappa shape index (κ1) is 16.8. The van der Waals surface area contributed by atoms with Crippen molar-refractivity contribution in [2.45, 2.75) is 18.4 Å². The molecule has 10 heteroatoms. The molecule has 2 aromatic heterocycles. The van der Waals surface area contributed by atoms with E-state index in [4.69, 9.17) is 0 Å². The number of hydrogen-bond donors (Lipinski definition) is 1. The number of sulfone groups is 1. The van der Waals surface area contributed by atoms with Crippen molar-refractivity contribution in [2.75, 3.05) is 11.6 Å². The van der Waals surface area contributed by atoms with E-state index in [1.807, 2.05) is 0 Å². The minimum atomic E-state index is -3.30. The van der Waals surface area contributed by atoms with Crippen molar-refractivity contribution < 1.29 is 13.2 Å². The van der Waals surface area contributed by atoms with Crippen molar-refractivity contribution in [3.05, 3.63) is 38.9 Å². The second kappa shape index (κ2) is 6.11. The number of amides is 1. The average molecular weight is 383 g/mol. The van der Waals surface area contributed by atoms with E-state index >= 15 is 0 Å². The van der Waals surface area contributed by atoms with E-state index in [0.717, 1.165) is 23.3 Å². The molecule has 0 saturated heterocycles. The van der Waals surface area contributed by atoms with E-state index in [2.05, 4.69) is 10.3 Å². The predicted molar refractivity (Wildman–Crippen MR) is 94.7 cm³/mol. The van der Waals surface area contributed by atoms with Crippen LogP contribution in [0.2, 0.25) is 0 Å². The molecule has 3 rings (SSSR count). The summed E-state index contributed by atoms with van der Waals surface area (Å²) in [6.07, 6.45) is 1.14. The maximum atomic E-state index is 12.1. The number of aromatic nitrogens is 2. The molecule has 3 aromatic rings. The topological polar surface area (TPSA) is 98.1 Å². The first-order chi connectivity index (χ1) is 11.2. The van der Waals surface area contributed by atoms with Crippen molar-refractivity contribution >= 4 is 53.8 Å². The summed E-state index contributed by atoms with van der Waals surface area (Å²) in [6, 6.07) is 4.62. The van der Waals surface area contributed by atoms with Gasteiger partial charge in [0.05, 0.1) is 15.1 Å². The molecule has 126 valence electrons. The zero-order valence-corrected chi connectivity index (χ0v) is 15.2. The van der Waals surface area contributed by atoms with Crippen LogP contribution in [0.4, 0.5) is 5.13 Å². The van der Waals surface area contributed by atoms with Crippen molar-refractivity contribution in [1.29, 1.82) is 0 Å². The molecular weight excluding hydrogens is 370 g/mol. The lowest BCUT2D eigenvalue weighted by Crippen LogP contribution is -2.25. The number of aryl methyl sites for hydroxylation is 1. The molecule has 0 atom stereocenters. The first-order valence-corrected chi connectivity index (χ1v) is 10.4. The Kier molecular flexibility index (Phi) is 4.28. The van der Waals surface area contributed by atoms with Gasteiger partial charge in [0, 0.05) is 17.3 Å². The summed E-state index contributed by atoms with van der Waals surface area (Å²) in [7, 11) is -3.30. The Hall–Kier alpha value is -2.04. The quantitative estimate of drug-likeness (QED) is 0.742. The molecule has 0 unspecified atom stereocenters. The van der Waals surface area contributed by atoms with Crippen molar-refractivity contribution in [2.24, 2.45) is 0 Å². The summed E-state index contributed by atoms with van der Waals surface area (Å²) in [6.45, 7) is 1.67. The number of hydrogen-bond acceptors (Lipinski definition) is 7. The van der Waals surface area contributed by atoms with Gasteiger partial charge in [-0.3, -0.25) is 14.2 Å². The maximum Gasteiger partial charge on any atom is 0.307 e. The van der Waals surface area contributed by atoms with E-state index in [0.29, 0.717) is 15.3 Å². The minimum Gasteiger partial charge on any atom is -0.300 e. The fourth-order valence-corrected chi connectivity index (χ4v) is 4.47. The minimum absolute atomic E-state index is 0.0846. The third-order valence-corrected chi connectivity index (χ3v) is 6.24. The third kappa shape index (κ3) is 3.40. The second-order valence-electron chi connectivity index (χ2n) is 5.20. The molecule has 0 aliphatic carbocycles. The Labute approximate surface area is 145 Å². The number of thiazole rings is 2. The van der Waals surface area contributed by atoms with Crippen LogP contribution in [0.15, 0.2) is 33.3 Å². The van der Waals surface area contributed by atoms with E-state index in [9.17, 15) is 18.0 Å².